The molecule has 1 fully saturated rings. The Morgan fingerprint density at radius 1 is 1.47 bits per heavy atom. The van der Waals surface area contributed by atoms with E-state index in [9.17, 15) is 4.79 Å². The van der Waals surface area contributed by atoms with Crippen LogP contribution in [-0.2, 0) is 4.74 Å². The van der Waals surface area contributed by atoms with Crippen molar-refractivity contribution in [3.63, 3.8) is 0 Å². The zero-order valence-corrected chi connectivity index (χ0v) is 11.3. The van der Waals surface area contributed by atoms with E-state index < -0.39 is 5.60 Å². The molecular formula is C14H25NO2. The van der Waals surface area contributed by atoms with Crippen molar-refractivity contribution < 1.29 is 9.53 Å². The van der Waals surface area contributed by atoms with Crippen LogP contribution in [0.25, 0.3) is 0 Å². The Morgan fingerprint density at radius 3 is 2.53 bits per heavy atom. The summed E-state index contributed by atoms with van der Waals surface area (Å²) in [6.45, 7) is 10.1. The monoisotopic (exact) mass is 239 g/mol. The summed E-state index contributed by atoms with van der Waals surface area (Å²) in [7, 11) is 0. The van der Waals surface area contributed by atoms with Crippen LogP contribution in [-0.4, -0.2) is 18.2 Å². The molecule has 0 unspecified atom stereocenters. The highest BCUT2D eigenvalue weighted by molar-refractivity contribution is 5.67. The number of rotatable bonds is 5. The van der Waals surface area contributed by atoms with Crippen molar-refractivity contribution in [1.29, 1.82) is 0 Å². The van der Waals surface area contributed by atoms with E-state index in [0.29, 0.717) is 12.0 Å². The van der Waals surface area contributed by atoms with Gasteiger partial charge in [-0.05, 0) is 51.9 Å². The van der Waals surface area contributed by atoms with Gasteiger partial charge in [-0.2, -0.15) is 0 Å². The highest BCUT2D eigenvalue weighted by Crippen LogP contribution is 2.46. The molecule has 0 spiro atoms. The minimum absolute atomic E-state index is 0.314. The number of amides is 1. The van der Waals surface area contributed by atoms with Crippen LogP contribution in [0.4, 0.5) is 4.79 Å². The van der Waals surface area contributed by atoms with Crippen molar-refractivity contribution in [3.8, 4) is 0 Å². The topological polar surface area (TPSA) is 38.3 Å². The Bertz CT molecular complexity index is 274. The fourth-order valence-electron chi connectivity index (χ4n) is 2.28. The first-order chi connectivity index (χ1) is 7.87. The molecule has 1 amide bonds. The lowest BCUT2D eigenvalue weighted by Crippen LogP contribution is -2.37. The van der Waals surface area contributed by atoms with Crippen molar-refractivity contribution in [2.45, 2.75) is 58.5 Å². The number of nitrogens with one attached hydrogen (secondary N) is 1. The van der Waals surface area contributed by atoms with Gasteiger partial charge in [0.1, 0.15) is 5.60 Å². The molecule has 98 valence electrons. The molecule has 0 aliphatic heterocycles. The average Bonchev–Trinajstić information content (AvgIpc) is 2.11. The summed E-state index contributed by atoms with van der Waals surface area (Å²) in [6, 6.07) is 0. The molecule has 3 nitrogen and oxygen atoms in total. The van der Waals surface area contributed by atoms with Gasteiger partial charge in [-0.15, -0.1) is 6.58 Å². The molecule has 3 heteroatoms. The van der Waals surface area contributed by atoms with E-state index >= 15 is 0 Å². The summed E-state index contributed by atoms with van der Waals surface area (Å²) in [5.74, 6) is 0. The molecule has 0 atom stereocenters. The van der Waals surface area contributed by atoms with Crippen LogP contribution >= 0.6 is 0 Å². The molecule has 1 aliphatic rings. The van der Waals surface area contributed by atoms with Crippen LogP contribution in [0.2, 0.25) is 0 Å². The standard InChI is InChI=1S/C14H25NO2/c1-5-7-14(8-6-9-14)10-11-15-12(16)17-13(2,3)4/h5H,1,6-11H2,2-4H3,(H,15,16). The molecule has 17 heavy (non-hydrogen) atoms. The molecule has 1 N–H and O–H groups in total. The van der Waals surface area contributed by atoms with Crippen LogP contribution < -0.4 is 5.32 Å². The van der Waals surface area contributed by atoms with Crippen LogP contribution in [0.3, 0.4) is 0 Å². The zero-order valence-electron chi connectivity index (χ0n) is 11.3. The highest BCUT2D eigenvalue weighted by Gasteiger charge is 2.35. The van der Waals surface area contributed by atoms with E-state index in [4.69, 9.17) is 4.74 Å². The predicted octanol–water partition coefficient (Wildman–Crippen LogP) is 3.65. The number of allylic oxidation sites excluding steroid dienone is 1. The summed E-state index contributed by atoms with van der Waals surface area (Å²) < 4.78 is 5.19. The number of carbonyl (C=O) groups excluding carboxylic acids is 1. The number of hydrogen-bond acceptors (Lipinski definition) is 2. The van der Waals surface area contributed by atoms with Crippen molar-refractivity contribution in [3.05, 3.63) is 12.7 Å². The van der Waals surface area contributed by atoms with Crippen molar-refractivity contribution >= 4 is 6.09 Å². The Kier molecular flexibility index (Phi) is 4.61. The summed E-state index contributed by atoms with van der Waals surface area (Å²) in [6.07, 6.45) is 7.59. The summed E-state index contributed by atoms with van der Waals surface area (Å²) in [5, 5.41) is 2.83. The predicted molar refractivity (Wildman–Crippen MR) is 70.0 cm³/mol. The second-order valence-corrected chi connectivity index (χ2v) is 6.03. The summed E-state index contributed by atoms with van der Waals surface area (Å²) in [5.41, 5.74) is -0.0177. The molecule has 0 aromatic heterocycles. The maximum atomic E-state index is 11.5. The van der Waals surface area contributed by atoms with Crippen LogP contribution in [0.5, 0.6) is 0 Å². The molecular weight excluding hydrogens is 214 g/mol. The van der Waals surface area contributed by atoms with Crippen LogP contribution in [0, 0.1) is 5.41 Å². The number of alkyl carbamates (subject to hydrolysis) is 1. The lowest BCUT2D eigenvalue weighted by atomic mass is 9.65. The van der Waals surface area contributed by atoms with Gasteiger partial charge in [0.2, 0.25) is 0 Å². The molecule has 0 heterocycles. The minimum atomic E-state index is -0.417. The van der Waals surface area contributed by atoms with Gasteiger partial charge < -0.3 is 10.1 Å². The van der Waals surface area contributed by atoms with Crippen molar-refractivity contribution in [1.82, 2.24) is 5.32 Å². The first-order valence-electron chi connectivity index (χ1n) is 6.45. The highest BCUT2D eigenvalue weighted by atomic mass is 16.6. The second kappa shape index (κ2) is 5.56. The lowest BCUT2D eigenvalue weighted by molar-refractivity contribution is 0.0504. The van der Waals surface area contributed by atoms with Gasteiger partial charge in [-0.25, -0.2) is 4.79 Å². The van der Waals surface area contributed by atoms with Gasteiger partial charge in [-0.3, -0.25) is 0 Å². The van der Waals surface area contributed by atoms with E-state index in [0.717, 1.165) is 12.8 Å². The van der Waals surface area contributed by atoms with Crippen molar-refractivity contribution in [2.24, 2.45) is 5.41 Å². The van der Waals surface area contributed by atoms with Crippen LogP contribution in [0.15, 0.2) is 12.7 Å². The van der Waals surface area contributed by atoms with Gasteiger partial charge in [0.05, 0.1) is 0 Å². The largest absolute Gasteiger partial charge is 0.444 e. The minimum Gasteiger partial charge on any atom is -0.444 e. The molecule has 0 radical (unpaired) electrons. The third kappa shape index (κ3) is 4.80. The van der Waals surface area contributed by atoms with Gasteiger partial charge in [0, 0.05) is 6.54 Å². The van der Waals surface area contributed by atoms with Crippen LogP contribution in [0.1, 0.15) is 52.9 Å². The van der Waals surface area contributed by atoms with E-state index in [2.05, 4.69) is 11.9 Å². The molecule has 0 aromatic rings. The average molecular weight is 239 g/mol. The van der Waals surface area contributed by atoms with E-state index in [-0.39, 0.29) is 6.09 Å². The maximum absolute atomic E-state index is 11.5. The quantitative estimate of drug-likeness (QED) is 0.744. The van der Waals surface area contributed by atoms with E-state index in [1.165, 1.54) is 19.3 Å². The SMILES string of the molecule is C=CCC1(CCNC(=O)OC(C)(C)C)CCC1. The van der Waals surface area contributed by atoms with E-state index in [1.807, 2.05) is 26.8 Å². The Labute approximate surface area is 105 Å². The first kappa shape index (κ1) is 14.1. The summed E-state index contributed by atoms with van der Waals surface area (Å²) >= 11 is 0. The molecule has 1 rings (SSSR count). The first-order valence-corrected chi connectivity index (χ1v) is 6.45. The Morgan fingerprint density at radius 2 is 2.12 bits per heavy atom. The maximum Gasteiger partial charge on any atom is 0.407 e. The van der Waals surface area contributed by atoms with Gasteiger partial charge in [0.25, 0.3) is 0 Å². The number of ether oxygens (including phenoxy) is 1. The Hall–Kier alpha value is -0.990. The molecule has 0 bridgehead atoms. The molecule has 0 saturated heterocycles. The fourth-order valence-corrected chi connectivity index (χ4v) is 2.28. The third-order valence-electron chi connectivity index (χ3n) is 3.32. The number of hydrogen-bond donors (Lipinski definition) is 1. The number of carbonyl (C=O) groups is 1. The second-order valence-electron chi connectivity index (χ2n) is 6.03. The van der Waals surface area contributed by atoms with E-state index in [1.54, 1.807) is 0 Å². The van der Waals surface area contributed by atoms with Gasteiger partial charge in [0.15, 0.2) is 0 Å². The fraction of sp³-hybridized carbons (Fsp3) is 0.786. The normalized spacial score (nSPS) is 18.1. The molecule has 1 aliphatic carbocycles. The zero-order chi connectivity index (χ0) is 12.9. The van der Waals surface area contributed by atoms with Crippen molar-refractivity contribution in [2.75, 3.05) is 6.54 Å². The molecule has 0 aromatic carbocycles. The van der Waals surface area contributed by atoms with Gasteiger partial charge >= 0.3 is 6.09 Å². The Balaban J connectivity index is 2.23. The third-order valence-corrected chi connectivity index (χ3v) is 3.32. The van der Waals surface area contributed by atoms with Gasteiger partial charge in [-0.1, -0.05) is 12.5 Å². The molecule has 1 saturated carbocycles. The summed E-state index contributed by atoms with van der Waals surface area (Å²) in [4.78, 5) is 11.5. The lowest BCUT2D eigenvalue weighted by Gasteiger charge is -2.41. The smallest absolute Gasteiger partial charge is 0.407 e.